The van der Waals surface area contributed by atoms with Gasteiger partial charge in [-0.05, 0) is 44.4 Å². The molecule has 0 saturated carbocycles. The zero-order chi connectivity index (χ0) is 15.0. The number of aliphatic hydroxyl groups excluding tert-OH is 1. The summed E-state index contributed by atoms with van der Waals surface area (Å²) in [5, 5.41) is 21.6. The smallest absolute Gasteiger partial charge is 0.323 e. The molecule has 0 aromatic carbocycles. The molecule has 0 bridgehead atoms. The van der Waals surface area contributed by atoms with Crippen LogP contribution < -0.4 is 5.32 Å². The maximum atomic E-state index is 11.0. The van der Waals surface area contributed by atoms with Gasteiger partial charge in [0.1, 0.15) is 6.04 Å². The number of carbonyl (C=O) groups is 1. The second kappa shape index (κ2) is 8.66. The molecule has 0 aliphatic heterocycles. The number of hydrogen-bond acceptors (Lipinski definition) is 4. The van der Waals surface area contributed by atoms with Crippen molar-refractivity contribution in [1.82, 2.24) is 10.3 Å². The average molecular weight is 280 g/mol. The molecule has 5 nitrogen and oxygen atoms in total. The van der Waals surface area contributed by atoms with Gasteiger partial charge in [0, 0.05) is 11.9 Å². The Bertz CT molecular complexity index is 397. The fourth-order valence-corrected chi connectivity index (χ4v) is 2.26. The number of hydrogen-bond donors (Lipinski definition) is 3. The summed E-state index contributed by atoms with van der Waals surface area (Å²) in [5.74, 6) is -1.06. The number of pyridine rings is 1. The van der Waals surface area contributed by atoms with Crippen LogP contribution in [-0.2, 0) is 11.2 Å². The van der Waals surface area contributed by atoms with Crippen LogP contribution in [0.5, 0.6) is 0 Å². The molecule has 20 heavy (non-hydrogen) atoms. The van der Waals surface area contributed by atoms with Crippen molar-refractivity contribution < 1.29 is 15.0 Å². The normalized spacial score (nSPS) is 15.6. The van der Waals surface area contributed by atoms with E-state index < -0.39 is 18.1 Å². The molecular formula is C15H24N2O3. The minimum absolute atomic E-state index is 0.0488. The Balaban J connectivity index is 2.29. The van der Waals surface area contributed by atoms with Crippen LogP contribution >= 0.6 is 0 Å². The first-order valence-electron chi connectivity index (χ1n) is 7.04. The first-order valence-corrected chi connectivity index (χ1v) is 7.04. The van der Waals surface area contributed by atoms with Gasteiger partial charge < -0.3 is 15.5 Å². The first kappa shape index (κ1) is 16.6. The van der Waals surface area contributed by atoms with E-state index in [0.717, 1.165) is 31.4 Å². The van der Waals surface area contributed by atoms with E-state index in [2.05, 4.69) is 10.3 Å². The van der Waals surface area contributed by atoms with E-state index >= 15 is 0 Å². The van der Waals surface area contributed by atoms with Crippen LogP contribution in [0.3, 0.4) is 0 Å². The van der Waals surface area contributed by atoms with Crippen molar-refractivity contribution >= 4 is 5.97 Å². The molecule has 0 aliphatic rings. The van der Waals surface area contributed by atoms with Gasteiger partial charge >= 0.3 is 5.97 Å². The van der Waals surface area contributed by atoms with Crippen LogP contribution in [0, 0.1) is 5.92 Å². The van der Waals surface area contributed by atoms with Gasteiger partial charge in [-0.1, -0.05) is 19.4 Å². The average Bonchev–Trinajstić information content (AvgIpc) is 2.44. The molecule has 1 rings (SSSR count). The minimum atomic E-state index is -1.01. The fraction of sp³-hybridized carbons (Fsp3) is 0.600. The Labute approximate surface area is 120 Å². The van der Waals surface area contributed by atoms with Gasteiger partial charge in [0.25, 0.3) is 0 Å². The van der Waals surface area contributed by atoms with E-state index in [1.807, 2.05) is 25.1 Å². The SMILES string of the molecule is CN[C@H](C(=O)O)[C@H](O)[C@H](C)CCCCc1ccccn1. The summed E-state index contributed by atoms with van der Waals surface area (Å²) < 4.78 is 0. The minimum Gasteiger partial charge on any atom is -0.480 e. The maximum absolute atomic E-state index is 11.0. The summed E-state index contributed by atoms with van der Waals surface area (Å²) in [4.78, 5) is 15.2. The number of carboxylic acids is 1. The summed E-state index contributed by atoms with van der Waals surface area (Å²) >= 11 is 0. The lowest BCUT2D eigenvalue weighted by molar-refractivity contribution is -0.143. The van der Waals surface area contributed by atoms with Crippen molar-refractivity contribution in [3.8, 4) is 0 Å². The summed E-state index contributed by atoms with van der Waals surface area (Å²) in [6, 6.07) is 4.96. The molecule has 3 atom stereocenters. The Hall–Kier alpha value is -1.46. The van der Waals surface area contributed by atoms with Gasteiger partial charge in [0.2, 0.25) is 0 Å². The van der Waals surface area contributed by atoms with Crippen LogP contribution in [-0.4, -0.2) is 40.4 Å². The summed E-state index contributed by atoms with van der Waals surface area (Å²) in [7, 11) is 1.55. The molecule has 0 aliphatic carbocycles. The number of aliphatic hydroxyl groups is 1. The van der Waals surface area contributed by atoms with Crippen LogP contribution in [0.25, 0.3) is 0 Å². The van der Waals surface area contributed by atoms with E-state index in [4.69, 9.17) is 5.11 Å². The highest BCUT2D eigenvalue weighted by Crippen LogP contribution is 2.16. The molecule has 0 fully saturated rings. The summed E-state index contributed by atoms with van der Waals surface area (Å²) in [5.41, 5.74) is 1.07. The quantitative estimate of drug-likeness (QED) is 0.597. The molecule has 0 saturated heterocycles. The second-order valence-corrected chi connectivity index (χ2v) is 5.14. The lowest BCUT2D eigenvalue weighted by atomic mass is 9.92. The zero-order valence-electron chi connectivity index (χ0n) is 12.1. The number of aryl methyl sites for hydroxylation is 1. The Kier molecular flexibility index (Phi) is 7.18. The number of nitrogens with one attached hydrogen (secondary N) is 1. The standard InChI is InChI=1S/C15H24N2O3/c1-11(14(18)13(16-2)15(19)20)7-3-4-8-12-9-5-6-10-17-12/h5-6,9-11,13-14,16,18H,3-4,7-8H2,1-2H3,(H,19,20)/t11-,13+,14-/m1/s1. The van der Waals surface area contributed by atoms with Crippen molar-refractivity contribution in [1.29, 1.82) is 0 Å². The van der Waals surface area contributed by atoms with Gasteiger partial charge in [-0.25, -0.2) is 0 Å². The van der Waals surface area contributed by atoms with Crippen LogP contribution in [0.4, 0.5) is 0 Å². The predicted octanol–water partition coefficient (Wildman–Crippen LogP) is 1.46. The number of rotatable bonds is 9. The molecular weight excluding hydrogens is 256 g/mol. The van der Waals surface area contributed by atoms with Crippen molar-refractivity contribution in [3.63, 3.8) is 0 Å². The zero-order valence-corrected chi connectivity index (χ0v) is 12.1. The van der Waals surface area contributed by atoms with Crippen LogP contribution in [0.15, 0.2) is 24.4 Å². The number of aliphatic carboxylic acids is 1. The number of aromatic nitrogens is 1. The van der Waals surface area contributed by atoms with Gasteiger partial charge in [-0.2, -0.15) is 0 Å². The van der Waals surface area contributed by atoms with Gasteiger partial charge in [-0.3, -0.25) is 9.78 Å². The van der Waals surface area contributed by atoms with Crippen LogP contribution in [0.1, 0.15) is 31.9 Å². The highest BCUT2D eigenvalue weighted by Gasteiger charge is 2.28. The molecule has 0 unspecified atom stereocenters. The fourth-order valence-electron chi connectivity index (χ4n) is 2.26. The molecule has 112 valence electrons. The number of unbranched alkanes of at least 4 members (excludes halogenated alkanes) is 1. The van der Waals surface area contributed by atoms with E-state index in [0.29, 0.717) is 0 Å². The monoisotopic (exact) mass is 280 g/mol. The third kappa shape index (κ3) is 5.27. The molecule has 1 aromatic rings. The third-order valence-electron chi connectivity index (χ3n) is 3.57. The molecule has 0 amide bonds. The predicted molar refractivity (Wildman–Crippen MR) is 77.4 cm³/mol. The summed E-state index contributed by atoms with van der Waals surface area (Å²) in [6.07, 6.45) is 4.58. The Morgan fingerprint density at radius 3 is 2.70 bits per heavy atom. The number of nitrogens with zero attached hydrogens (tertiary/aromatic N) is 1. The van der Waals surface area contributed by atoms with Crippen molar-refractivity contribution in [2.24, 2.45) is 5.92 Å². The lowest BCUT2D eigenvalue weighted by Crippen LogP contribution is -2.47. The molecule has 1 aromatic heterocycles. The van der Waals surface area contributed by atoms with E-state index in [-0.39, 0.29) is 5.92 Å². The van der Waals surface area contributed by atoms with E-state index in [9.17, 15) is 9.90 Å². The second-order valence-electron chi connectivity index (χ2n) is 5.14. The van der Waals surface area contributed by atoms with Crippen molar-refractivity contribution in [2.75, 3.05) is 7.05 Å². The molecule has 0 radical (unpaired) electrons. The molecule has 1 heterocycles. The molecule has 0 spiro atoms. The van der Waals surface area contributed by atoms with Crippen LogP contribution in [0.2, 0.25) is 0 Å². The first-order chi connectivity index (χ1) is 9.56. The van der Waals surface area contributed by atoms with E-state index in [1.54, 1.807) is 13.2 Å². The number of likely N-dealkylation sites (N-methyl/N-ethyl adjacent to an activating group) is 1. The summed E-state index contributed by atoms with van der Waals surface area (Å²) in [6.45, 7) is 1.89. The maximum Gasteiger partial charge on any atom is 0.323 e. The highest BCUT2D eigenvalue weighted by atomic mass is 16.4. The lowest BCUT2D eigenvalue weighted by Gasteiger charge is -2.24. The Morgan fingerprint density at radius 1 is 1.40 bits per heavy atom. The third-order valence-corrected chi connectivity index (χ3v) is 3.57. The topological polar surface area (TPSA) is 82.5 Å². The molecule has 5 heteroatoms. The van der Waals surface area contributed by atoms with Gasteiger partial charge in [0.15, 0.2) is 0 Å². The Morgan fingerprint density at radius 2 is 2.15 bits per heavy atom. The largest absolute Gasteiger partial charge is 0.480 e. The van der Waals surface area contributed by atoms with Gasteiger partial charge in [0.05, 0.1) is 6.10 Å². The number of carboxylic acid groups (broad SMARTS) is 1. The van der Waals surface area contributed by atoms with Crippen molar-refractivity contribution in [3.05, 3.63) is 30.1 Å². The van der Waals surface area contributed by atoms with E-state index in [1.165, 1.54) is 0 Å². The van der Waals surface area contributed by atoms with Crippen molar-refractivity contribution in [2.45, 2.75) is 44.8 Å². The van der Waals surface area contributed by atoms with Gasteiger partial charge in [-0.15, -0.1) is 0 Å². The highest BCUT2D eigenvalue weighted by molar-refractivity contribution is 5.74. The molecule has 3 N–H and O–H groups in total.